The number of H-pyrrole nitrogens is 1. The molecule has 0 amide bonds. The standard InChI is InChI=1S/C19H25FN4OS/c20-14-9-13(22-12-3-1-2-4-12)10-15-16(14)19(25)24-18(23-15)17(26)11-5-7-21-8-6-11/h9-12,17,21-22,26H,1-8H2,(H,23,24,25). The predicted octanol–water partition coefficient (Wildman–Crippen LogP) is 3.39. The zero-order chi connectivity index (χ0) is 18.1. The molecule has 1 unspecified atom stereocenters. The van der Waals surface area contributed by atoms with Gasteiger partial charge in [-0.1, -0.05) is 12.8 Å². The highest BCUT2D eigenvalue weighted by Crippen LogP contribution is 2.33. The summed E-state index contributed by atoms with van der Waals surface area (Å²) in [5.74, 6) is 0.362. The van der Waals surface area contributed by atoms with Crippen molar-refractivity contribution in [2.24, 2.45) is 5.92 Å². The Hall–Kier alpha value is -1.60. The Morgan fingerprint density at radius 3 is 2.65 bits per heavy atom. The van der Waals surface area contributed by atoms with Crippen molar-refractivity contribution in [2.75, 3.05) is 18.4 Å². The molecule has 2 aliphatic rings. The lowest BCUT2D eigenvalue weighted by molar-refractivity contribution is 0.363. The van der Waals surface area contributed by atoms with Crippen LogP contribution >= 0.6 is 12.6 Å². The number of halogens is 1. The van der Waals surface area contributed by atoms with Gasteiger partial charge in [0.2, 0.25) is 0 Å². The summed E-state index contributed by atoms with van der Waals surface area (Å²) in [7, 11) is 0. The number of aromatic amines is 1. The van der Waals surface area contributed by atoms with Crippen LogP contribution in [0, 0.1) is 11.7 Å². The van der Waals surface area contributed by atoms with E-state index in [4.69, 9.17) is 12.6 Å². The maximum Gasteiger partial charge on any atom is 0.261 e. The van der Waals surface area contributed by atoms with Crippen molar-refractivity contribution in [2.45, 2.75) is 49.8 Å². The molecule has 2 heterocycles. The van der Waals surface area contributed by atoms with E-state index in [2.05, 4.69) is 20.6 Å². The minimum Gasteiger partial charge on any atom is -0.382 e. The fraction of sp³-hybridized carbons (Fsp3) is 0.579. The van der Waals surface area contributed by atoms with E-state index in [1.807, 2.05) is 0 Å². The van der Waals surface area contributed by atoms with E-state index in [-0.39, 0.29) is 10.6 Å². The van der Waals surface area contributed by atoms with E-state index in [1.54, 1.807) is 6.07 Å². The van der Waals surface area contributed by atoms with Crippen molar-refractivity contribution in [3.63, 3.8) is 0 Å². The zero-order valence-corrected chi connectivity index (χ0v) is 15.6. The zero-order valence-electron chi connectivity index (χ0n) is 14.7. The molecule has 140 valence electrons. The van der Waals surface area contributed by atoms with E-state index in [0.717, 1.165) is 38.8 Å². The first-order chi connectivity index (χ1) is 12.6. The molecule has 7 heteroatoms. The fourth-order valence-electron chi connectivity index (χ4n) is 4.15. The number of thiol groups is 1. The molecule has 1 aromatic heterocycles. The summed E-state index contributed by atoms with van der Waals surface area (Å²) in [5.41, 5.74) is 0.670. The van der Waals surface area contributed by atoms with Gasteiger partial charge in [-0.05, 0) is 56.8 Å². The van der Waals surface area contributed by atoms with E-state index in [9.17, 15) is 9.18 Å². The quantitative estimate of drug-likeness (QED) is 0.618. The van der Waals surface area contributed by atoms with Crippen molar-refractivity contribution in [3.8, 4) is 0 Å². The number of hydrogen-bond acceptors (Lipinski definition) is 5. The molecule has 3 N–H and O–H groups in total. The number of benzene rings is 1. The summed E-state index contributed by atoms with van der Waals surface area (Å²) < 4.78 is 14.5. The molecule has 0 spiro atoms. The van der Waals surface area contributed by atoms with E-state index in [1.165, 1.54) is 18.9 Å². The lowest BCUT2D eigenvalue weighted by Crippen LogP contribution is -2.30. The predicted molar refractivity (Wildman–Crippen MR) is 106 cm³/mol. The maximum atomic E-state index is 14.5. The van der Waals surface area contributed by atoms with Gasteiger partial charge >= 0.3 is 0 Å². The number of hydrogen-bond donors (Lipinski definition) is 4. The SMILES string of the molecule is O=c1[nH]c(C(S)C2CCNCC2)nc2cc(NC3CCCC3)cc(F)c12. The Kier molecular flexibility index (Phi) is 5.18. The molecular formula is C19H25FN4OS. The van der Waals surface area contributed by atoms with Gasteiger partial charge in [0, 0.05) is 11.7 Å². The highest BCUT2D eigenvalue weighted by atomic mass is 32.1. The Balaban J connectivity index is 1.68. The number of piperidine rings is 1. The van der Waals surface area contributed by atoms with Gasteiger partial charge < -0.3 is 15.6 Å². The van der Waals surface area contributed by atoms with Crippen LogP contribution in [0.3, 0.4) is 0 Å². The molecule has 5 nitrogen and oxygen atoms in total. The smallest absolute Gasteiger partial charge is 0.261 e. The largest absolute Gasteiger partial charge is 0.382 e. The van der Waals surface area contributed by atoms with Crippen LogP contribution in [-0.2, 0) is 0 Å². The Labute approximate surface area is 157 Å². The molecule has 1 saturated heterocycles. The second-order valence-corrected chi connectivity index (χ2v) is 8.02. The molecule has 1 atom stereocenters. The minimum atomic E-state index is -0.527. The van der Waals surface area contributed by atoms with Gasteiger partial charge in [0.25, 0.3) is 5.56 Å². The van der Waals surface area contributed by atoms with Crippen molar-refractivity contribution in [3.05, 3.63) is 34.1 Å². The molecular weight excluding hydrogens is 351 g/mol. The van der Waals surface area contributed by atoms with Crippen LogP contribution in [0.4, 0.5) is 10.1 Å². The van der Waals surface area contributed by atoms with Gasteiger partial charge in [-0.2, -0.15) is 12.6 Å². The van der Waals surface area contributed by atoms with Crippen LogP contribution in [0.5, 0.6) is 0 Å². The van der Waals surface area contributed by atoms with Crippen molar-refractivity contribution >= 4 is 29.2 Å². The highest BCUT2D eigenvalue weighted by Gasteiger charge is 2.25. The van der Waals surface area contributed by atoms with E-state index < -0.39 is 11.4 Å². The third kappa shape index (κ3) is 3.60. The number of rotatable bonds is 4. The highest BCUT2D eigenvalue weighted by molar-refractivity contribution is 7.80. The Bertz CT molecular complexity index is 843. The van der Waals surface area contributed by atoms with Crippen LogP contribution in [-0.4, -0.2) is 29.1 Å². The fourth-order valence-corrected chi connectivity index (χ4v) is 4.57. The van der Waals surface area contributed by atoms with E-state index in [0.29, 0.717) is 29.0 Å². The van der Waals surface area contributed by atoms with E-state index >= 15 is 0 Å². The molecule has 1 aliphatic carbocycles. The average Bonchev–Trinajstić information content (AvgIpc) is 3.14. The van der Waals surface area contributed by atoms with Gasteiger partial charge in [0.05, 0.1) is 10.8 Å². The van der Waals surface area contributed by atoms with Crippen LogP contribution in [0.1, 0.15) is 49.6 Å². The third-order valence-electron chi connectivity index (χ3n) is 5.62. The number of nitrogens with zero attached hydrogens (tertiary/aromatic N) is 1. The normalized spacial score (nSPS) is 20.5. The van der Waals surface area contributed by atoms with Crippen molar-refractivity contribution in [1.29, 1.82) is 0 Å². The Morgan fingerprint density at radius 1 is 1.19 bits per heavy atom. The summed E-state index contributed by atoms with van der Waals surface area (Å²) in [4.78, 5) is 19.8. The van der Waals surface area contributed by atoms with Crippen LogP contribution in [0.15, 0.2) is 16.9 Å². The number of aromatic nitrogens is 2. The van der Waals surface area contributed by atoms with Gasteiger partial charge in [-0.15, -0.1) is 0 Å². The topological polar surface area (TPSA) is 69.8 Å². The molecule has 0 radical (unpaired) electrons. The van der Waals surface area contributed by atoms with Gasteiger partial charge in [0.15, 0.2) is 0 Å². The van der Waals surface area contributed by atoms with Crippen molar-refractivity contribution in [1.82, 2.24) is 15.3 Å². The Morgan fingerprint density at radius 2 is 1.92 bits per heavy atom. The number of anilines is 1. The molecule has 1 saturated carbocycles. The summed E-state index contributed by atoms with van der Waals surface area (Å²) in [6.45, 7) is 1.90. The molecule has 2 aromatic rings. The first-order valence-electron chi connectivity index (χ1n) is 9.50. The van der Waals surface area contributed by atoms with Crippen LogP contribution < -0.4 is 16.2 Å². The molecule has 2 fully saturated rings. The molecule has 4 rings (SSSR count). The third-order valence-corrected chi connectivity index (χ3v) is 6.28. The van der Waals surface area contributed by atoms with Gasteiger partial charge in [0.1, 0.15) is 17.0 Å². The first-order valence-corrected chi connectivity index (χ1v) is 10.0. The maximum absolute atomic E-state index is 14.5. The van der Waals surface area contributed by atoms with Crippen molar-refractivity contribution < 1.29 is 4.39 Å². The lowest BCUT2D eigenvalue weighted by atomic mass is 9.93. The molecule has 1 aliphatic heterocycles. The molecule has 1 aromatic carbocycles. The van der Waals surface area contributed by atoms with Crippen LogP contribution in [0.25, 0.3) is 10.9 Å². The average molecular weight is 377 g/mol. The molecule has 0 bridgehead atoms. The summed E-state index contributed by atoms with van der Waals surface area (Å²) in [6.07, 6.45) is 6.59. The summed E-state index contributed by atoms with van der Waals surface area (Å²) in [6, 6.07) is 3.57. The van der Waals surface area contributed by atoms with Gasteiger partial charge in [-0.3, -0.25) is 4.79 Å². The minimum absolute atomic E-state index is 0.0246. The lowest BCUT2D eigenvalue weighted by Gasteiger charge is -2.27. The summed E-state index contributed by atoms with van der Waals surface area (Å²) in [5, 5.41) is 6.59. The second kappa shape index (κ2) is 7.56. The van der Waals surface area contributed by atoms with Gasteiger partial charge in [-0.25, -0.2) is 9.37 Å². The summed E-state index contributed by atoms with van der Waals surface area (Å²) >= 11 is 4.71. The molecule has 26 heavy (non-hydrogen) atoms. The number of nitrogens with one attached hydrogen (secondary N) is 3. The van der Waals surface area contributed by atoms with Crippen LogP contribution in [0.2, 0.25) is 0 Å². The monoisotopic (exact) mass is 376 g/mol. The second-order valence-electron chi connectivity index (χ2n) is 7.46. The number of fused-ring (bicyclic) bond motifs is 1. The first kappa shape index (κ1) is 17.8.